The van der Waals surface area contributed by atoms with E-state index >= 15 is 0 Å². The van der Waals surface area contributed by atoms with Crippen LogP contribution in [0, 0.1) is 0 Å². The summed E-state index contributed by atoms with van der Waals surface area (Å²) in [5.74, 6) is 0.758. The van der Waals surface area contributed by atoms with Gasteiger partial charge in [-0.1, -0.05) is 15.9 Å². The first kappa shape index (κ1) is 17.3. The zero-order valence-electron chi connectivity index (χ0n) is 13.8. The quantitative estimate of drug-likeness (QED) is 0.795. The second-order valence-electron chi connectivity index (χ2n) is 5.56. The molecule has 4 nitrogen and oxygen atoms in total. The minimum atomic E-state index is -0.0164. The second kappa shape index (κ2) is 7.51. The van der Waals surface area contributed by atoms with Crippen molar-refractivity contribution >= 4 is 27.5 Å². The summed E-state index contributed by atoms with van der Waals surface area (Å²) in [5.41, 5.74) is 2.70. The summed E-state index contributed by atoms with van der Waals surface area (Å²) in [7, 11) is 7.38. The monoisotopic (exact) mass is 376 g/mol. The van der Waals surface area contributed by atoms with E-state index in [1.54, 1.807) is 19.1 Å². The Hall–Kier alpha value is -2.01. The summed E-state index contributed by atoms with van der Waals surface area (Å²) in [6.07, 6.45) is 0. The van der Waals surface area contributed by atoms with Crippen LogP contribution in [0.5, 0.6) is 5.75 Å². The fourth-order valence-corrected chi connectivity index (χ4v) is 2.73. The summed E-state index contributed by atoms with van der Waals surface area (Å²) >= 11 is 3.46. The van der Waals surface area contributed by atoms with Gasteiger partial charge in [-0.15, -0.1) is 0 Å². The first-order valence-corrected chi connectivity index (χ1v) is 8.07. The lowest BCUT2D eigenvalue weighted by Crippen LogP contribution is -2.26. The van der Waals surface area contributed by atoms with E-state index in [1.807, 2.05) is 61.5 Å². The summed E-state index contributed by atoms with van der Waals surface area (Å²) in [4.78, 5) is 16.3. The molecule has 0 saturated heterocycles. The number of hydrogen-bond donors (Lipinski definition) is 0. The molecule has 0 unspecified atom stereocenters. The van der Waals surface area contributed by atoms with Gasteiger partial charge in [0, 0.05) is 49.0 Å². The molecule has 0 aliphatic heterocycles. The Morgan fingerprint density at radius 3 is 2.30 bits per heavy atom. The standard InChI is InChI=1S/C18H21BrN2O2/c1-20(2)16-8-5-13(6-9-16)18(22)21(3)12-14-11-15(19)7-10-17(14)23-4/h5-11H,12H2,1-4H3. The Balaban J connectivity index is 2.15. The van der Waals surface area contributed by atoms with Gasteiger partial charge in [-0.05, 0) is 42.5 Å². The number of anilines is 1. The lowest BCUT2D eigenvalue weighted by atomic mass is 10.1. The Labute approximate surface area is 145 Å². The van der Waals surface area contributed by atoms with Crippen molar-refractivity contribution in [3.05, 3.63) is 58.1 Å². The third-order valence-electron chi connectivity index (χ3n) is 3.63. The van der Waals surface area contributed by atoms with E-state index in [1.165, 1.54) is 0 Å². The van der Waals surface area contributed by atoms with Crippen LogP contribution in [0.1, 0.15) is 15.9 Å². The van der Waals surface area contributed by atoms with Crippen molar-refractivity contribution in [2.75, 3.05) is 33.2 Å². The van der Waals surface area contributed by atoms with E-state index in [-0.39, 0.29) is 5.91 Å². The number of carbonyl (C=O) groups excluding carboxylic acids is 1. The topological polar surface area (TPSA) is 32.8 Å². The van der Waals surface area contributed by atoms with Crippen LogP contribution in [0.3, 0.4) is 0 Å². The molecule has 23 heavy (non-hydrogen) atoms. The zero-order chi connectivity index (χ0) is 17.0. The van der Waals surface area contributed by atoms with Gasteiger partial charge in [-0.3, -0.25) is 4.79 Å². The van der Waals surface area contributed by atoms with E-state index in [0.29, 0.717) is 12.1 Å². The van der Waals surface area contributed by atoms with Gasteiger partial charge in [0.05, 0.1) is 7.11 Å². The molecule has 122 valence electrons. The molecular weight excluding hydrogens is 356 g/mol. The van der Waals surface area contributed by atoms with E-state index in [4.69, 9.17) is 4.74 Å². The summed E-state index contributed by atoms with van der Waals surface area (Å²) in [6.45, 7) is 0.483. The van der Waals surface area contributed by atoms with E-state index in [9.17, 15) is 4.79 Å². The van der Waals surface area contributed by atoms with Gasteiger partial charge in [0.15, 0.2) is 0 Å². The third kappa shape index (κ3) is 4.26. The predicted molar refractivity (Wildman–Crippen MR) is 97.3 cm³/mol. The zero-order valence-corrected chi connectivity index (χ0v) is 15.4. The Kier molecular flexibility index (Phi) is 5.66. The number of amides is 1. The maximum absolute atomic E-state index is 12.6. The molecule has 2 aromatic rings. The van der Waals surface area contributed by atoms with Crippen molar-refractivity contribution < 1.29 is 9.53 Å². The number of carbonyl (C=O) groups is 1. The minimum Gasteiger partial charge on any atom is -0.496 e. The molecule has 0 heterocycles. The Morgan fingerprint density at radius 2 is 1.74 bits per heavy atom. The number of ether oxygens (including phenoxy) is 1. The van der Waals surface area contributed by atoms with Crippen LogP contribution in [0.15, 0.2) is 46.9 Å². The van der Waals surface area contributed by atoms with Crippen molar-refractivity contribution in [3.63, 3.8) is 0 Å². The lowest BCUT2D eigenvalue weighted by molar-refractivity contribution is 0.0784. The average molecular weight is 377 g/mol. The van der Waals surface area contributed by atoms with Gasteiger partial charge in [0.2, 0.25) is 0 Å². The fourth-order valence-electron chi connectivity index (χ4n) is 2.32. The SMILES string of the molecule is COc1ccc(Br)cc1CN(C)C(=O)c1ccc(N(C)C)cc1. The number of rotatable bonds is 5. The summed E-state index contributed by atoms with van der Waals surface area (Å²) < 4.78 is 6.33. The predicted octanol–water partition coefficient (Wildman–Crippen LogP) is 3.80. The molecule has 2 rings (SSSR count). The van der Waals surface area contributed by atoms with Gasteiger partial charge in [0.1, 0.15) is 5.75 Å². The smallest absolute Gasteiger partial charge is 0.253 e. The lowest BCUT2D eigenvalue weighted by Gasteiger charge is -2.20. The second-order valence-corrected chi connectivity index (χ2v) is 6.47. The van der Waals surface area contributed by atoms with Gasteiger partial charge in [0.25, 0.3) is 5.91 Å². The highest BCUT2D eigenvalue weighted by Gasteiger charge is 2.14. The molecule has 0 atom stereocenters. The number of benzene rings is 2. The molecule has 0 fully saturated rings. The van der Waals surface area contributed by atoms with Gasteiger partial charge in [-0.25, -0.2) is 0 Å². The minimum absolute atomic E-state index is 0.0164. The van der Waals surface area contributed by atoms with Gasteiger partial charge in [-0.2, -0.15) is 0 Å². The number of hydrogen-bond acceptors (Lipinski definition) is 3. The van der Waals surface area contributed by atoms with Crippen molar-refractivity contribution in [1.82, 2.24) is 4.90 Å². The highest BCUT2D eigenvalue weighted by Crippen LogP contribution is 2.24. The summed E-state index contributed by atoms with van der Waals surface area (Å²) in [6, 6.07) is 13.4. The Morgan fingerprint density at radius 1 is 1.09 bits per heavy atom. The molecule has 0 N–H and O–H groups in total. The molecule has 0 aliphatic carbocycles. The van der Waals surface area contributed by atoms with E-state index in [0.717, 1.165) is 21.5 Å². The van der Waals surface area contributed by atoms with Crippen LogP contribution in [0.2, 0.25) is 0 Å². The molecule has 5 heteroatoms. The van der Waals surface area contributed by atoms with E-state index in [2.05, 4.69) is 15.9 Å². The van der Waals surface area contributed by atoms with Crippen molar-refractivity contribution in [2.45, 2.75) is 6.54 Å². The molecule has 0 spiro atoms. The molecule has 0 radical (unpaired) electrons. The van der Waals surface area contributed by atoms with Crippen LogP contribution >= 0.6 is 15.9 Å². The maximum atomic E-state index is 12.6. The maximum Gasteiger partial charge on any atom is 0.253 e. The van der Waals surface area contributed by atoms with Crippen molar-refractivity contribution in [1.29, 1.82) is 0 Å². The molecule has 1 amide bonds. The van der Waals surface area contributed by atoms with Crippen LogP contribution in [-0.2, 0) is 6.54 Å². The fraction of sp³-hybridized carbons (Fsp3) is 0.278. The van der Waals surface area contributed by atoms with Crippen LogP contribution in [-0.4, -0.2) is 39.1 Å². The number of methoxy groups -OCH3 is 1. The van der Waals surface area contributed by atoms with Gasteiger partial charge >= 0.3 is 0 Å². The molecule has 0 saturated carbocycles. The highest BCUT2D eigenvalue weighted by atomic mass is 79.9. The highest BCUT2D eigenvalue weighted by molar-refractivity contribution is 9.10. The van der Waals surface area contributed by atoms with Crippen molar-refractivity contribution in [3.8, 4) is 5.75 Å². The van der Waals surface area contributed by atoms with E-state index < -0.39 is 0 Å². The van der Waals surface area contributed by atoms with Crippen LogP contribution in [0.25, 0.3) is 0 Å². The van der Waals surface area contributed by atoms with Crippen LogP contribution < -0.4 is 9.64 Å². The van der Waals surface area contributed by atoms with Crippen LogP contribution in [0.4, 0.5) is 5.69 Å². The normalized spacial score (nSPS) is 10.3. The molecule has 2 aromatic carbocycles. The van der Waals surface area contributed by atoms with Gasteiger partial charge < -0.3 is 14.5 Å². The molecular formula is C18H21BrN2O2. The number of nitrogens with zero attached hydrogens (tertiary/aromatic N) is 2. The first-order valence-electron chi connectivity index (χ1n) is 7.27. The molecule has 0 bridgehead atoms. The summed E-state index contributed by atoms with van der Waals surface area (Å²) in [5, 5.41) is 0. The largest absolute Gasteiger partial charge is 0.496 e. The number of halogens is 1. The molecule has 0 aliphatic rings. The third-order valence-corrected chi connectivity index (χ3v) is 4.12. The Bertz CT molecular complexity index is 684. The molecule has 0 aromatic heterocycles. The van der Waals surface area contributed by atoms with Crippen molar-refractivity contribution in [2.24, 2.45) is 0 Å². The average Bonchev–Trinajstić information content (AvgIpc) is 2.54. The first-order chi connectivity index (χ1) is 10.9.